The van der Waals surface area contributed by atoms with Crippen molar-refractivity contribution in [2.75, 3.05) is 11.9 Å². The van der Waals surface area contributed by atoms with Crippen LogP contribution in [0.2, 0.25) is 0 Å². The maximum Gasteiger partial charge on any atom is 0.343 e. The summed E-state index contributed by atoms with van der Waals surface area (Å²) in [5.74, 6) is -0.640. The summed E-state index contributed by atoms with van der Waals surface area (Å²) >= 11 is 0. The molecule has 0 bridgehead atoms. The molecular weight excluding hydrogens is 396 g/mol. The Kier molecular flexibility index (Phi) is 5.48. The Hall–Kier alpha value is -4.01. The molecule has 0 spiro atoms. The van der Waals surface area contributed by atoms with E-state index < -0.39 is 12.0 Å². The van der Waals surface area contributed by atoms with Crippen LogP contribution in [0, 0.1) is 6.92 Å². The fourth-order valence-corrected chi connectivity index (χ4v) is 3.36. The fourth-order valence-electron chi connectivity index (χ4n) is 3.36. The molecule has 1 unspecified atom stereocenters. The van der Waals surface area contributed by atoms with Crippen LogP contribution in [0.15, 0.2) is 55.0 Å². The van der Waals surface area contributed by atoms with E-state index in [0.29, 0.717) is 16.9 Å². The van der Waals surface area contributed by atoms with Crippen molar-refractivity contribution < 1.29 is 14.3 Å². The molecule has 4 aromatic rings. The minimum Gasteiger partial charge on any atom is -0.462 e. The predicted molar refractivity (Wildman–Crippen MR) is 115 cm³/mol. The number of aryl methyl sites for hydroxylation is 1. The number of amides is 1. The van der Waals surface area contributed by atoms with Gasteiger partial charge in [0, 0.05) is 29.3 Å². The molecule has 0 fully saturated rings. The highest BCUT2D eigenvalue weighted by molar-refractivity contribution is 5.96. The van der Waals surface area contributed by atoms with Crippen LogP contribution in [-0.4, -0.2) is 42.9 Å². The Labute approximate surface area is 178 Å². The number of hydrogen-bond acceptors (Lipinski definition) is 6. The zero-order valence-electron chi connectivity index (χ0n) is 17.4. The van der Waals surface area contributed by atoms with Crippen LogP contribution >= 0.6 is 0 Å². The van der Waals surface area contributed by atoms with Crippen LogP contribution in [0.4, 0.5) is 5.69 Å². The lowest BCUT2D eigenvalue weighted by Gasteiger charge is -2.15. The number of hydrogen-bond donors (Lipinski definition) is 1. The fraction of sp³-hybridized carbons (Fsp3) is 0.227. The van der Waals surface area contributed by atoms with Gasteiger partial charge in [0.1, 0.15) is 11.6 Å². The lowest BCUT2D eigenvalue weighted by molar-refractivity contribution is -0.119. The van der Waals surface area contributed by atoms with Gasteiger partial charge in [0.25, 0.3) is 0 Å². The number of rotatable bonds is 6. The summed E-state index contributed by atoms with van der Waals surface area (Å²) in [5, 5.41) is 11.5. The van der Waals surface area contributed by atoms with Crippen molar-refractivity contribution in [1.82, 2.24) is 24.4 Å². The third-order valence-electron chi connectivity index (χ3n) is 4.94. The standard InChI is InChI=1S/C22H22N6O3/c1-4-31-22(30)18-13-25-28-19(9-10-23-20(18)28)16-6-5-7-17(12-16)26-21(29)15(3)27-14(2)8-11-24-27/h5-13,15H,4H2,1-3H3,(H,26,29). The van der Waals surface area contributed by atoms with E-state index in [9.17, 15) is 9.59 Å². The predicted octanol–water partition coefficient (Wildman–Crippen LogP) is 3.28. The van der Waals surface area contributed by atoms with Gasteiger partial charge in [0.05, 0.1) is 18.5 Å². The van der Waals surface area contributed by atoms with Gasteiger partial charge in [-0.2, -0.15) is 10.2 Å². The van der Waals surface area contributed by atoms with Gasteiger partial charge >= 0.3 is 5.97 Å². The number of aromatic nitrogens is 5. The van der Waals surface area contributed by atoms with Crippen LogP contribution in [0.1, 0.15) is 35.9 Å². The first kappa shape index (κ1) is 20.3. The Balaban J connectivity index is 1.63. The highest BCUT2D eigenvalue weighted by Gasteiger charge is 2.19. The van der Waals surface area contributed by atoms with Gasteiger partial charge in [0.2, 0.25) is 5.91 Å². The average molecular weight is 418 g/mol. The van der Waals surface area contributed by atoms with Crippen molar-refractivity contribution in [1.29, 1.82) is 0 Å². The van der Waals surface area contributed by atoms with Crippen molar-refractivity contribution in [3.63, 3.8) is 0 Å². The SMILES string of the molecule is CCOC(=O)c1cnn2c(-c3cccc(NC(=O)C(C)n4nccc4C)c3)ccnc12. The molecule has 3 aromatic heterocycles. The zero-order valence-corrected chi connectivity index (χ0v) is 17.4. The van der Waals surface area contributed by atoms with Gasteiger partial charge in [-0.1, -0.05) is 12.1 Å². The molecule has 0 saturated heterocycles. The Bertz CT molecular complexity index is 1260. The van der Waals surface area contributed by atoms with Crippen molar-refractivity contribution >= 4 is 23.2 Å². The topological polar surface area (TPSA) is 103 Å². The number of benzene rings is 1. The summed E-state index contributed by atoms with van der Waals surface area (Å²) in [7, 11) is 0. The lowest BCUT2D eigenvalue weighted by Crippen LogP contribution is -2.25. The molecule has 1 amide bonds. The smallest absolute Gasteiger partial charge is 0.343 e. The molecule has 9 heteroatoms. The number of nitrogens with zero attached hydrogens (tertiary/aromatic N) is 5. The molecule has 9 nitrogen and oxygen atoms in total. The van der Waals surface area contributed by atoms with Crippen LogP contribution in [0.5, 0.6) is 0 Å². The largest absolute Gasteiger partial charge is 0.462 e. The van der Waals surface area contributed by atoms with E-state index in [-0.39, 0.29) is 12.5 Å². The van der Waals surface area contributed by atoms with Gasteiger partial charge in [0.15, 0.2) is 5.65 Å². The minimum absolute atomic E-state index is 0.174. The maximum absolute atomic E-state index is 12.7. The minimum atomic E-state index is -0.467. The van der Waals surface area contributed by atoms with E-state index in [0.717, 1.165) is 17.0 Å². The monoisotopic (exact) mass is 418 g/mol. The second kappa shape index (κ2) is 8.39. The van der Waals surface area contributed by atoms with Crippen molar-refractivity contribution in [2.24, 2.45) is 0 Å². The number of anilines is 1. The summed E-state index contributed by atoms with van der Waals surface area (Å²) in [6.45, 7) is 5.72. The van der Waals surface area contributed by atoms with Gasteiger partial charge in [-0.3, -0.25) is 9.48 Å². The molecular formula is C22H22N6O3. The van der Waals surface area contributed by atoms with Crippen LogP contribution in [0.25, 0.3) is 16.9 Å². The molecule has 0 aliphatic heterocycles. The van der Waals surface area contributed by atoms with Crippen LogP contribution < -0.4 is 5.32 Å². The third-order valence-corrected chi connectivity index (χ3v) is 4.94. The molecule has 0 aliphatic carbocycles. The number of fused-ring (bicyclic) bond motifs is 1. The van der Waals surface area contributed by atoms with Crippen molar-refractivity contribution in [2.45, 2.75) is 26.8 Å². The number of carbonyl (C=O) groups is 2. The van der Waals surface area contributed by atoms with Gasteiger partial charge in [-0.05, 0) is 45.0 Å². The van der Waals surface area contributed by atoms with Gasteiger partial charge in [-0.15, -0.1) is 0 Å². The van der Waals surface area contributed by atoms with Crippen LogP contribution in [0.3, 0.4) is 0 Å². The summed E-state index contributed by atoms with van der Waals surface area (Å²) in [6.07, 6.45) is 4.73. The normalized spacial score (nSPS) is 12.0. The second-order valence-corrected chi connectivity index (χ2v) is 7.01. The van der Waals surface area contributed by atoms with Crippen molar-refractivity contribution in [3.05, 3.63) is 66.2 Å². The summed E-state index contributed by atoms with van der Waals surface area (Å²) in [6, 6.07) is 10.6. The van der Waals surface area contributed by atoms with E-state index in [2.05, 4.69) is 20.5 Å². The van der Waals surface area contributed by atoms with Gasteiger partial charge < -0.3 is 10.1 Å². The highest BCUT2D eigenvalue weighted by atomic mass is 16.5. The number of ether oxygens (including phenoxy) is 1. The molecule has 1 aromatic carbocycles. The van der Waals surface area contributed by atoms with Crippen LogP contribution in [-0.2, 0) is 9.53 Å². The molecule has 31 heavy (non-hydrogen) atoms. The highest BCUT2D eigenvalue weighted by Crippen LogP contribution is 2.24. The first-order valence-corrected chi connectivity index (χ1v) is 9.91. The van der Waals surface area contributed by atoms with E-state index in [1.165, 1.54) is 6.20 Å². The maximum atomic E-state index is 12.7. The number of nitrogens with one attached hydrogen (secondary N) is 1. The molecule has 0 aliphatic rings. The molecule has 158 valence electrons. The Morgan fingerprint density at radius 3 is 2.74 bits per heavy atom. The van der Waals surface area contributed by atoms with Gasteiger partial charge in [-0.25, -0.2) is 14.3 Å². The summed E-state index contributed by atoms with van der Waals surface area (Å²) < 4.78 is 8.34. The summed E-state index contributed by atoms with van der Waals surface area (Å²) in [4.78, 5) is 29.2. The molecule has 3 heterocycles. The van der Waals surface area contributed by atoms with E-state index in [1.54, 1.807) is 41.5 Å². The number of carbonyl (C=O) groups excluding carboxylic acids is 2. The molecule has 1 atom stereocenters. The number of esters is 1. The third kappa shape index (κ3) is 3.89. The summed E-state index contributed by atoms with van der Waals surface area (Å²) in [5.41, 5.74) is 3.80. The Morgan fingerprint density at radius 1 is 1.16 bits per heavy atom. The molecule has 0 saturated carbocycles. The first-order valence-electron chi connectivity index (χ1n) is 9.91. The quantitative estimate of drug-likeness (QED) is 0.482. The molecule has 0 radical (unpaired) electrons. The Morgan fingerprint density at radius 2 is 2.00 bits per heavy atom. The molecule has 4 rings (SSSR count). The van der Waals surface area contributed by atoms with E-state index in [4.69, 9.17) is 4.74 Å². The van der Waals surface area contributed by atoms with Crippen molar-refractivity contribution in [3.8, 4) is 11.3 Å². The second-order valence-electron chi connectivity index (χ2n) is 7.01. The van der Waals surface area contributed by atoms with E-state index >= 15 is 0 Å². The first-order chi connectivity index (χ1) is 15.0. The molecule has 1 N–H and O–H groups in total. The van der Waals surface area contributed by atoms with E-state index in [1.807, 2.05) is 37.3 Å². The zero-order chi connectivity index (χ0) is 22.0. The average Bonchev–Trinajstić information content (AvgIpc) is 3.39. The lowest BCUT2D eigenvalue weighted by atomic mass is 10.1.